The molecule has 2 heterocycles. The Labute approximate surface area is 217 Å². The largest absolute Gasteiger partial charge is 0.507 e. The van der Waals surface area contributed by atoms with E-state index < -0.39 is 24.0 Å². The number of Topliss-reactive ketones (excluding diaryl/α,β-unsaturated/α-hetero) is 1. The van der Waals surface area contributed by atoms with E-state index in [0.717, 1.165) is 5.56 Å². The van der Waals surface area contributed by atoms with Crippen LogP contribution in [0.15, 0.2) is 36.4 Å². The van der Waals surface area contributed by atoms with Gasteiger partial charge in [-0.3, -0.25) is 9.59 Å². The Balaban J connectivity index is 1.83. The molecule has 196 valence electrons. The maximum Gasteiger partial charge on any atom is 0.342 e. The van der Waals surface area contributed by atoms with E-state index in [1.54, 1.807) is 19.1 Å². The molecule has 1 N–H and O–H groups in total. The molecular formula is C30H34O7. The number of aromatic hydroxyl groups is 1. The second-order valence-corrected chi connectivity index (χ2v) is 9.98. The van der Waals surface area contributed by atoms with E-state index in [2.05, 4.69) is 0 Å². The fourth-order valence-electron chi connectivity index (χ4n) is 4.91. The van der Waals surface area contributed by atoms with Crippen LogP contribution >= 0.6 is 0 Å². The number of carbonyl (C=O) groups excluding carboxylic acids is 3. The first-order valence-corrected chi connectivity index (χ1v) is 13.0. The van der Waals surface area contributed by atoms with Crippen LogP contribution in [0.4, 0.5) is 0 Å². The van der Waals surface area contributed by atoms with Gasteiger partial charge in [0.15, 0.2) is 0 Å². The molecular weight excluding hydrogens is 472 g/mol. The monoisotopic (exact) mass is 506 g/mol. The Kier molecular flexibility index (Phi) is 8.31. The number of esters is 2. The van der Waals surface area contributed by atoms with E-state index in [1.807, 2.05) is 44.2 Å². The molecule has 2 unspecified atom stereocenters. The summed E-state index contributed by atoms with van der Waals surface area (Å²) in [7, 11) is 0. The summed E-state index contributed by atoms with van der Waals surface area (Å²) in [6, 6.07) is 9.00. The molecule has 0 amide bonds. The number of benzene rings is 2. The third kappa shape index (κ3) is 6.21. The Morgan fingerprint density at radius 2 is 1.84 bits per heavy atom. The lowest BCUT2D eigenvalue weighted by atomic mass is 9.83. The smallest absolute Gasteiger partial charge is 0.342 e. The summed E-state index contributed by atoms with van der Waals surface area (Å²) in [5, 5.41) is 11.6. The minimum atomic E-state index is -0.654. The lowest BCUT2D eigenvalue weighted by molar-refractivity contribution is -0.135. The van der Waals surface area contributed by atoms with Crippen molar-refractivity contribution in [2.24, 2.45) is 0 Å². The molecule has 37 heavy (non-hydrogen) atoms. The quantitative estimate of drug-likeness (QED) is 0.396. The number of phenols is 1. The Morgan fingerprint density at radius 1 is 1.08 bits per heavy atom. The van der Waals surface area contributed by atoms with Crippen molar-refractivity contribution in [2.45, 2.75) is 83.8 Å². The normalized spacial score (nSPS) is 20.9. The minimum absolute atomic E-state index is 0.00681. The van der Waals surface area contributed by atoms with Gasteiger partial charge in [0.2, 0.25) is 0 Å². The fraction of sp³-hybridized carbons (Fsp3) is 0.433. The van der Waals surface area contributed by atoms with E-state index in [-0.39, 0.29) is 35.4 Å². The van der Waals surface area contributed by atoms with Crippen LogP contribution in [0.25, 0.3) is 6.08 Å². The number of carbonyl (C=O) groups is 3. The van der Waals surface area contributed by atoms with E-state index in [1.165, 1.54) is 0 Å². The predicted octanol–water partition coefficient (Wildman–Crippen LogP) is 6.10. The standard InChI is InChI=1S/C30H34O7/c1-18(2)35-24-15-8-7-14-22(24)23-17-26(32)37-25-16-20-11-5-4-6-12-21(31)13-9-10-19(3)36-30(34)27(20)29(33)28(23)25/h5,7-8,11,14-16,18-19,23,33H,4,6,9-10,12-13,17H2,1-3H3. The van der Waals surface area contributed by atoms with Crippen molar-refractivity contribution >= 4 is 23.8 Å². The third-order valence-electron chi connectivity index (χ3n) is 6.64. The number of cyclic esters (lactones) is 1. The van der Waals surface area contributed by atoms with E-state index in [4.69, 9.17) is 14.2 Å². The lowest BCUT2D eigenvalue weighted by Crippen LogP contribution is -2.24. The van der Waals surface area contributed by atoms with Gasteiger partial charge in [-0.05, 0) is 64.2 Å². The van der Waals surface area contributed by atoms with Crippen LogP contribution in [-0.4, -0.2) is 35.0 Å². The van der Waals surface area contributed by atoms with Gasteiger partial charge in [0.1, 0.15) is 28.6 Å². The SMILES string of the molecule is CC(C)Oc1ccccc1C1CC(=O)Oc2cc3c(c(O)c21)C(=O)OC(C)CCCC(=O)CCCC=C3. The van der Waals surface area contributed by atoms with E-state index in [0.29, 0.717) is 55.4 Å². The van der Waals surface area contributed by atoms with Crippen LogP contribution < -0.4 is 9.47 Å². The van der Waals surface area contributed by atoms with Gasteiger partial charge in [0.05, 0.1) is 18.6 Å². The second-order valence-electron chi connectivity index (χ2n) is 9.98. The van der Waals surface area contributed by atoms with Crippen LogP contribution in [0.1, 0.15) is 98.7 Å². The van der Waals surface area contributed by atoms with Crippen molar-refractivity contribution in [1.82, 2.24) is 0 Å². The maximum atomic E-state index is 13.4. The Morgan fingerprint density at radius 3 is 2.62 bits per heavy atom. The van der Waals surface area contributed by atoms with Crippen LogP contribution in [0.3, 0.4) is 0 Å². The molecule has 0 aliphatic carbocycles. The molecule has 0 bridgehead atoms. The highest BCUT2D eigenvalue weighted by molar-refractivity contribution is 5.98. The first kappa shape index (κ1) is 26.5. The van der Waals surface area contributed by atoms with Gasteiger partial charge in [-0.15, -0.1) is 0 Å². The van der Waals surface area contributed by atoms with Crippen molar-refractivity contribution < 1.29 is 33.7 Å². The molecule has 7 nitrogen and oxygen atoms in total. The molecule has 0 radical (unpaired) electrons. The summed E-state index contributed by atoms with van der Waals surface area (Å²) >= 11 is 0. The first-order valence-electron chi connectivity index (χ1n) is 13.0. The van der Waals surface area contributed by atoms with Crippen LogP contribution in [0.2, 0.25) is 0 Å². The fourth-order valence-corrected chi connectivity index (χ4v) is 4.91. The van der Waals surface area contributed by atoms with Gasteiger partial charge in [0, 0.05) is 29.9 Å². The van der Waals surface area contributed by atoms with Gasteiger partial charge in [-0.25, -0.2) is 4.79 Å². The number of rotatable bonds is 3. The summed E-state index contributed by atoms with van der Waals surface area (Å²) in [5.41, 5.74) is 1.53. The van der Waals surface area contributed by atoms with Crippen molar-refractivity contribution in [3.05, 3.63) is 58.7 Å². The van der Waals surface area contributed by atoms with Gasteiger partial charge in [-0.2, -0.15) is 0 Å². The number of ketones is 1. The Bertz CT molecular complexity index is 1210. The van der Waals surface area contributed by atoms with Crippen LogP contribution in [0, 0.1) is 0 Å². The van der Waals surface area contributed by atoms with Crippen molar-refractivity contribution in [1.29, 1.82) is 0 Å². The molecule has 7 heteroatoms. The molecule has 2 aromatic carbocycles. The van der Waals surface area contributed by atoms with Crippen molar-refractivity contribution in [2.75, 3.05) is 0 Å². The molecule has 2 aliphatic rings. The highest BCUT2D eigenvalue weighted by atomic mass is 16.5. The Hall–Kier alpha value is -3.61. The number of allylic oxidation sites excluding steroid dienone is 1. The zero-order valence-corrected chi connectivity index (χ0v) is 21.6. The number of fused-ring (bicyclic) bond motifs is 2. The highest BCUT2D eigenvalue weighted by Crippen LogP contribution is 2.49. The number of ether oxygens (including phenoxy) is 3. The van der Waals surface area contributed by atoms with Crippen molar-refractivity contribution in [3.8, 4) is 17.2 Å². The minimum Gasteiger partial charge on any atom is -0.507 e. The topological polar surface area (TPSA) is 99.1 Å². The second kappa shape index (κ2) is 11.6. The highest BCUT2D eigenvalue weighted by Gasteiger charge is 2.36. The van der Waals surface area contributed by atoms with Crippen LogP contribution in [0.5, 0.6) is 17.2 Å². The van der Waals surface area contributed by atoms with Crippen molar-refractivity contribution in [3.63, 3.8) is 0 Å². The summed E-state index contributed by atoms with van der Waals surface area (Å²) in [6.07, 6.45) is 6.53. The number of hydrogen-bond acceptors (Lipinski definition) is 7. The molecule has 0 spiro atoms. The summed E-state index contributed by atoms with van der Waals surface area (Å²) in [5.74, 6) is -0.894. The van der Waals surface area contributed by atoms with Crippen LogP contribution in [-0.2, 0) is 14.3 Å². The number of para-hydroxylation sites is 1. The van der Waals surface area contributed by atoms with Gasteiger partial charge < -0.3 is 19.3 Å². The summed E-state index contributed by atoms with van der Waals surface area (Å²) in [4.78, 5) is 38.1. The number of phenolic OH excluding ortho intramolecular Hbond substituents is 1. The van der Waals surface area contributed by atoms with E-state index >= 15 is 0 Å². The molecule has 2 aromatic rings. The molecule has 0 fully saturated rings. The van der Waals surface area contributed by atoms with Gasteiger partial charge in [0.25, 0.3) is 0 Å². The molecule has 0 saturated carbocycles. The molecule has 0 aromatic heterocycles. The van der Waals surface area contributed by atoms with Gasteiger partial charge in [-0.1, -0.05) is 30.4 Å². The third-order valence-corrected chi connectivity index (χ3v) is 6.64. The summed E-state index contributed by atoms with van der Waals surface area (Å²) in [6.45, 7) is 5.61. The summed E-state index contributed by atoms with van der Waals surface area (Å²) < 4.78 is 17.2. The predicted molar refractivity (Wildman–Crippen MR) is 139 cm³/mol. The van der Waals surface area contributed by atoms with Gasteiger partial charge >= 0.3 is 11.9 Å². The molecule has 0 saturated heterocycles. The number of hydrogen-bond donors (Lipinski definition) is 1. The van der Waals surface area contributed by atoms with E-state index in [9.17, 15) is 19.5 Å². The average Bonchev–Trinajstić information content (AvgIpc) is 2.82. The molecule has 2 aliphatic heterocycles. The molecule has 2 atom stereocenters. The molecule has 4 rings (SSSR count). The lowest BCUT2D eigenvalue weighted by Gasteiger charge is -2.29. The maximum absolute atomic E-state index is 13.4. The zero-order valence-electron chi connectivity index (χ0n) is 21.6. The first-order chi connectivity index (χ1) is 17.7. The zero-order chi connectivity index (χ0) is 26.5. The average molecular weight is 507 g/mol.